The smallest absolute Gasteiger partial charge is 0.132 e. The molecule has 0 spiro atoms. The van der Waals surface area contributed by atoms with E-state index >= 15 is 0 Å². The van der Waals surface area contributed by atoms with E-state index < -0.39 is 6.10 Å². The molecule has 2 heterocycles. The van der Waals surface area contributed by atoms with Gasteiger partial charge in [-0.15, -0.1) is 0 Å². The Hall–Kier alpha value is -0.840. The molecule has 0 aromatic carbocycles. The number of aliphatic hydroxyl groups is 1. The maximum atomic E-state index is 10.1. The lowest BCUT2D eigenvalue weighted by Crippen LogP contribution is -2.47. The van der Waals surface area contributed by atoms with Crippen molar-refractivity contribution in [2.75, 3.05) is 13.1 Å². The summed E-state index contributed by atoms with van der Waals surface area (Å²) in [5.41, 5.74) is 0. The molecule has 0 aliphatic carbocycles. The molecule has 1 aromatic rings. The molecule has 0 amide bonds. The summed E-state index contributed by atoms with van der Waals surface area (Å²) in [5, 5.41) is 13.7. The van der Waals surface area contributed by atoms with Crippen molar-refractivity contribution >= 4 is 0 Å². The monoisotopic (exact) mass is 280 g/mol. The first-order chi connectivity index (χ1) is 9.56. The van der Waals surface area contributed by atoms with Crippen LogP contribution in [0.15, 0.2) is 22.8 Å². The van der Waals surface area contributed by atoms with Crippen molar-refractivity contribution < 1.29 is 9.52 Å². The van der Waals surface area contributed by atoms with Gasteiger partial charge in [-0.05, 0) is 65.3 Å². The average molecular weight is 280 g/mol. The third kappa shape index (κ3) is 4.33. The van der Waals surface area contributed by atoms with Gasteiger partial charge in [-0.1, -0.05) is 0 Å². The van der Waals surface area contributed by atoms with E-state index in [1.165, 1.54) is 25.9 Å². The van der Waals surface area contributed by atoms with Gasteiger partial charge in [0.2, 0.25) is 0 Å². The Morgan fingerprint density at radius 2 is 2.05 bits per heavy atom. The quantitative estimate of drug-likeness (QED) is 0.841. The van der Waals surface area contributed by atoms with Gasteiger partial charge in [-0.3, -0.25) is 0 Å². The van der Waals surface area contributed by atoms with Crippen molar-refractivity contribution in [1.29, 1.82) is 0 Å². The Bertz CT molecular complexity index is 370. The van der Waals surface area contributed by atoms with Gasteiger partial charge in [0.15, 0.2) is 0 Å². The highest BCUT2D eigenvalue weighted by Crippen LogP contribution is 2.20. The predicted octanol–water partition coefficient (Wildman–Crippen LogP) is 2.55. The second-order valence-corrected chi connectivity index (χ2v) is 6.24. The number of rotatable bonds is 6. The van der Waals surface area contributed by atoms with Gasteiger partial charge >= 0.3 is 0 Å². The van der Waals surface area contributed by atoms with Crippen LogP contribution in [0.1, 0.15) is 51.9 Å². The van der Waals surface area contributed by atoms with Crippen LogP contribution in [-0.2, 0) is 0 Å². The fourth-order valence-corrected chi connectivity index (χ4v) is 2.98. The van der Waals surface area contributed by atoms with Crippen LogP contribution in [0, 0.1) is 0 Å². The Morgan fingerprint density at radius 3 is 2.60 bits per heavy atom. The summed E-state index contributed by atoms with van der Waals surface area (Å²) in [6.07, 6.45) is 4.18. The molecule has 114 valence electrons. The molecule has 1 saturated heterocycles. The molecule has 1 aromatic heterocycles. The summed E-state index contributed by atoms with van der Waals surface area (Å²) in [7, 11) is 0. The molecular weight excluding hydrogens is 252 g/mol. The first-order valence-electron chi connectivity index (χ1n) is 7.78. The van der Waals surface area contributed by atoms with Gasteiger partial charge in [0, 0.05) is 18.1 Å². The lowest BCUT2D eigenvalue weighted by atomic mass is 10.0. The molecule has 2 rings (SSSR count). The SMILES string of the molecule is CC(C)N1CCC(N[C@H](C)C[C@H](O)c2ccco2)CC1. The van der Waals surface area contributed by atoms with E-state index in [2.05, 4.69) is 31.0 Å². The molecule has 1 aliphatic rings. The van der Waals surface area contributed by atoms with Crippen LogP contribution in [0.4, 0.5) is 0 Å². The van der Waals surface area contributed by atoms with Crippen LogP contribution < -0.4 is 5.32 Å². The molecule has 1 aliphatic heterocycles. The second kappa shape index (κ2) is 7.25. The Labute approximate surface area is 122 Å². The first-order valence-corrected chi connectivity index (χ1v) is 7.78. The summed E-state index contributed by atoms with van der Waals surface area (Å²) in [6, 6.07) is 5.17. The molecule has 4 nitrogen and oxygen atoms in total. The van der Waals surface area contributed by atoms with Crippen LogP contribution in [0.2, 0.25) is 0 Å². The summed E-state index contributed by atoms with van der Waals surface area (Å²) < 4.78 is 5.24. The molecule has 0 saturated carbocycles. The van der Waals surface area contributed by atoms with Crippen molar-refractivity contribution in [3.05, 3.63) is 24.2 Å². The Morgan fingerprint density at radius 1 is 1.35 bits per heavy atom. The van der Waals surface area contributed by atoms with E-state index in [4.69, 9.17) is 4.42 Å². The van der Waals surface area contributed by atoms with E-state index in [1.54, 1.807) is 6.26 Å². The lowest BCUT2D eigenvalue weighted by Gasteiger charge is -2.36. The largest absolute Gasteiger partial charge is 0.467 e. The zero-order valence-corrected chi connectivity index (χ0v) is 12.9. The zero-order chi connectivity index (χ0) is 14.5. The van der Waals surface area contributed by atoms with Gasteiger partial charge in [0.1, 0.15) is 11.9 Å². The second-order valence-electron chi connectivity index (χ2n) is 6.24. The molecule has 0 radical (unpaired) electrons. The van der Waals surface area contributed by atoms with Crippen LogP contribution in [-0.4, -0.2) is 41.2 Å². The number of piperidine rings is 1. The standard InChI is InChI=1S/C16H28N2O2/c1-12(2)18-8-6-14(7-9-18)17-13(3)11-15(19)16-5-4-10-20-16/h4-5,10,12-15,17,19H,6-9,11H2,1-3H3/t13-,15+/m1/s1. The van der Waals surface area contributed by atoms with Crippen LogP contribution in [0.25, 0.3) is 0 Å². The molecule has 1 fully saturated rings. The maximum absolute atomic E-state index is 10.1. The zero-order valence-electron chi connectivity index (χ0n) is 12.9. The minimum atomic E-state index is -0.511. The molecule has 20 heavy (non-hydrogen) atoms. The number of hydrogen-bond acceptors (Lipinski definition) is 4. The Kier molecular flexibility index (Phi) is 5.64. The summed E-state index contributed by atoms with van der Waals surface area (Å²) in [4.78, 5) is 2.53. The number of hydrogen-bond donors (Lipinski definition) is 2. The van der Waals surface area contributed by atoms with Gasteiger partial charge in [0.25, 0.3) is 0 Å². The normalized spacial score (nSPS) is 21.2. The van der Waals surface area contributed by atoms with Gasteiger partial charge in [-0.2, -0.15) is 0 Å². The summed E-state index contributed by atoms with van der Waals surface area (Å²) in [6.45, 7) is 9.00. The minimum Gasteiger partial charge on any atom is -0.467 e. The van der Waals surface area contributed by atoms with Crippen molar-refractivity contribution in [3.63, 3.8) is 0 Å². The van der Waals surface area contributed by atoms with Crippen LogP contribution in [0.5, 0.6) is 0 Å². The third-order valence-electron chi connectivity index (χ3n) is 4.23. The number of nitrogens with zero attached hydrogens (tertiary/aromatic N) is 1. The molecule has 4 heteroatoms. The highest BCUT2D eigenvalue weighted by atomic mass is 16.4. The molecule has 0 bridgehead atoms. The number of nitrogens with one attached hydrogen (secondary N) is 1. The van der Waals surface area contributed by atoms with E-state index in [-0.39, 0.29) is 0 Å². The molecule has 0 unspecified atom stereocenters. The summed E-state index contributed by atoms with van der Waals surface area (Å²) in [5.74, 6) is 0.660. The highest BCUT2D eigenvalue weighted by molar-refractivity contribution is 5.02. The van der Waals surface area contributed by atoms with Gasteiger partial charge < -0.3 is 19.7 Å². The van der Waals surface area contributed by atoms with E-state index in [0.717, 1.165) is 0 Å². The number of furan rings is 1. The third-order valence-corrected chi connectivity index (χ3v) is 4.23. The van der Waals surface area contributed by atoms with Gasteiger partial charge in [-0.25, -0.2) is 0 Å². The predicted molar refractivity (Wildman–Crippen MR) is 80.6 cm³/mol. The van der Waals surface area contributed by atoms with Gasteiger partial charge in [0.05, 0.1) is 6.26 Å². The van der Waals surface area contributed by atoms with Crippen LogP contribution >= 0.6 is 0 Å². The van der Waals surface area contributed by atoms with Crippen molar-refractivity contribution in [2.24, 2.45) is 0 Å². The molecule has 2 atom stereocenters. The highest BCUT2D eigenvalue weighted by Gasteiger charge is 2.23. The number of likely N-dealkylation sites (tertiary alicyclic amines) is 1. The van der Waals surface area contributed by atoms with Crippen LogP contribution in [0.3, 0.4) is 0 Å². The lowest BCUT2D eigenvalue weighted by molar-refractivity contribution is 0.117. The fraction of sp³-hybridized carbons (Fsp3) is 0.750. The summed E-state index contributed by atoms with van der Waals surface area (Å²) >= 11 is 0. The van der Waals surface area contributed by atoms with Crippen molar-refractivity contribution in [2.45, 2.75) is 64.3 Å². The van der Waals surface area contributed by atoms with Crippen molar-refractivity contribution in [3.8, 4) is 0 Å². The topological polar surface area (TPSA) is 48.6 Å². The van der Waals surface area contributed by atoms with E-state index in [1.807, 2.05) is 12.1 Å². The average Bonchev–Trinajstić information content (AvgIpc) is 2.93. The number of aliphatic hydroxyl groups excluding tert-OH is 1. The fourth-order valence-electron chi connectivity index (χ4n) is 2.98. The maximum Gasteiger partial charge on any atom is 0.132 e. The van der Waals surface area contributed by atoms with E-state index in [0.29, 0.717) is 30.3 Å². The first kappa shape index (κ1) is 15.5. The minimum absolute atomic E-state index is 0.297. The molecule has 2 N–H and O–H groups in total. The van der Waals surface area contributed by atoms with Crippen molar-refractivity contribution in [1.82, 2.24) is 10.2 Å². The van der Waals surface area contributed by atoms with E-state index in [9.17, 15) is 5.11 Å². The molecular formula is C16H28N2O2. The Balaban J connectivity index is 1.71.